The molecule has 0 heterocycles. The van der Waals surface area contributed by atoms with E-state index in [2.05, 4.69) is 10.0 Å². The van der Waals surface area contributed by atoms with E-state index >= 15 is 0 Å². The number of hydrogen-bond donors (Lipinski definition) is 2. The lowest BCUT2D eigenvalue weighted by molar-refractivity contribution is -0.121. The van der Waals surface area contributed by atoms with E-state index in [0.717, 1.165) is 31.2 Å². The summed E-state index contributed by atoms with van der Waals surface area (Å²) < 4.78 is 33.2. The van der Waals surface area contributed by atoms with E-state index in [1.807, 2.05) is 12.1 Å². The molecule has 0 saturated heterocycles. The molecule has 1 saturated carbocycles. The van der Waals surface area contributed by atoms with Crippen LogP contribution in [0, 0.1) is 0 Å². The Balaban J connectivity index is 1.38. The first kappa shape index (κ1) is 22.6. The summed E-state index contributed by atoms with van der Waals surface area (Å²) in [7, 11) is -3.47. The molecule has 0 radical (unpaired) electrons. The number of carbonyl (C=O) groups excluding carboxylic acids is 1. The molecule has 1 aliphatic carbocycles. The molecular weight excluding hydrogens is 424 g/mol. The molecule has 0 unspecified atom stereocenters. The van der Waals surface area contributed by atoms with Crippen molar-refractivity contribution >= 4 is 27.5 Å². The minimum atomic E-state index is -3.47. The Hall–Kier alpha value is -2.09. The quantitative estimate of drug-likeness (QED) is 0.578. The normalized spacial score (nSPS) is 14.6. The zero-order valence-electron chi connectivity index (χ0n) is 16.8. The third kappa shape index (κ3) is 6.72. The molecule has 0 aliphatic heterocycles. The molecule has 8 heteroatoms. The van der Waals surface area contributed by atoms with Gasteiger partial charge in [0.2, 0.25) is 15.9 Å². The summed E-state index contributed by atoms with van der Waals surface area (Å²) in [6.07, 6.45) is 4.80. The number of ether oxygens (including phenoxy) is 1. The Bertz CT molecular complexity index is 942. The predicted molar refractivity (Wildman–Crippen MR) is 117 cm³/mol. The Morgan fingerprint density at radius 2 is 1.77 bits per heavy atom. The lowest BCUT2D eigenvalue weighted by Crippen LogP contribution is -2.32. The van der Waals surface area contributed by atoms with Gasteiger partial charge in [-0.2, -0.15) is 0 Å². The van der Waals surface area contributed by atoms with Crippen molar-refractivity contribution < 1.29 is 17.9 Å². The van der Waals surface area contributed by atoms with Crippen LogP contribution in [0.5, 0.6) is 5.75 Å². The van der Waals surface area contributed by atoms with Crippen LogP contribution in [0.2, 0.25) is 5.02 Å². The fraction of sp³-hybridized carbons (Fsp3) is 0.409. The topological polar surface area (TPSA) is 84.5 Å². The number of amides is 1. The third-order valence-electron chi connectivity index (χ3n) is 5.07. The molecule has 1 aliphatic rings. The van der Waals surface area contributed by atoms with Crippen LogP contribution in [-0.2, 0) is 21.2 Å². The number of para-hydroxylation sites is 1. The van der Waals surface area contributed by atoms with Crippen LogP contribution in [-0.4, -0.2) is 33.5 Å². The Morgan fingerprint density at radius 1 is 1.07 bits per heavy atom. The van der Waals surface area contributed by atoms with E-state index in [-0.39, 0.29) is 29.9 Å². The minimum Gasteiger partial charge on any atom is -0.491 e. The average Bonchev–Trinajstić information content (AvgIpc) is 3.22. The van der Waals surface area contributed by atoms with Crippen LogP contribution >= 0.6 is 11.6 Å². The van der Waals surface area contributed by atoms with E-state index < -0.39 is 10.0 Å². The SMILES string of the molecule is O=C(CCOc1ccccc1Cl)NCCc1ccc(S(=O)(=O)NC2CCCC2)cc1. The van der Waals surface area contributed by atoms with Crippen LogP contribution < -0.4 is 14.8 Å². The lowest BCUT2D eigenvalue weighted by atomic mass is 10.1. The van der Waals surface area contributed by atoms with Gasteiger partial charge in [0, 0.05) is 12.6 Å². The molecule has 6 nitrogen and oxygen atoms in total. The number of hydrogen-bond acceptors (Lipinski definition) is 4. The average molecular weight is 451 g/mol. The fourth-order valence-electron chi connectivity index (χ4n) is 3.42. The summed E-state index contributed by atoms with van der Waals surface area (Å²) in [5.41, 5.74) is 0.961. The van der Waals surface area contributed by atoms with Crippen LogP contribution in [0.15, 0.2) is 53.4 Å². The number of sulfonamides is 1. The number of carbonyl (C=O) groups is 1. The van der Waals surface area contributed by atoms with E-state index in [1.54, 1.807) is 36.4 Å². The van der Waals surface area contributed by atoms with Gasteiger partial charge in [0.05, 0.1) is 22.9 Å². The first-order valence-corrected chi connectivity index (χ1v) is 12.1. The second-order valence-electron chi connectivity index (χ2n) is 7.38. The largest absolute Gasteiger partial charge is 0.491 e. The van der Waals surface area contributed by atoms with Gasteiger partial charge in [-0.15, -0.1) is 0 Å². The van der Waals surface area contributed by atoms with Gasteiger partial charge in [-0.25, -0.2) is 13.1 Å². The lowest BCUT2D eigenvalue weighted by Gasteiger charge is -2.13. The Morgan fingerprint density at radius 3 is 2.47 bits per heavy atom. The standard InChI is InChI=1S/C22H27ClN2O4S/c23-20-7-3-4-8-21(20)29-16-14-22(26)24-15-13-17-9-11-19(12-10-17)30(27,28)25-18-5-1-2-6-18/h3-4,7-12,18,25H,1-2,5-6,13-16H2,(H,24,26). The summed E-state index contributed by atoms with van der Waals surface area (Å²) in [5, 5.41) is 3.36. The molecule has 3 rings (SSSR count). The first-order chi connectivity index (χ1) is 14.4. The molecular formula is C22H27ClN2O4S. The molecule has 0 atom stereocenters. The highest BCUT2D eigenvalue weighted by atomic mass is 35.5. The Labute approximate surface area is 183 Å². The zero-order valence-corrected chi connectivity index (χ0v) is 18.3. The van der Waals surface area contributed by atoms with Crippen molar-refractivity contribution in [2.45, 2.75) is 49.5 Å². The van der Waals surface area contributed by atoms with Crippen LogP contribution in [0.25, 0.3) is 0 Å². The summed E-state index contributed by atoms with van der Waals surface area (Å²) in [5.74, 6) is 0.450. The molecule has 0 bridgehead atoms. The fourth-order valence-corrected chi connectivity index (χ4v) is 4.91. The molecule has 1 fully saturated rings. The highest BCUT2D eigenvalue weighted by Crippen LogP contribution is 2.23. The molecule has 30 heavy (non-hydrogen) atoms. The van der Waals surface area contributed by atoms with Crippen molar-refractivity contribution in [1.29, 1.82) is 0 Å². The van der Waals surface area contributed by atoms with Crippen molar-refractivity contribution in [3.63, 3.8) is 0 Å². The van der Waals surface area contributed by atoms with Crippen molar-refractivity contribution in [2.24, 2.45) is 0 Å². The number of nitrogens with one attached hydrogen (secondary N) is 2. The zero-order chi connectivity index (χ0) is 21.4. The van der Waals surface area contributed by atoms with Crippen LogP contribution in [0.1, 0.15) is 37.7 Å². The summed E-state index contributed by atoms with van der Waals surface area (Å²) >= 11 is 6.01. The summed E-state index contributed by atoms with van der Waals surface area (Å²) in [6, 6.07) is 14.0. The first-order valence-electron chi connectivity index (χ1n) is 10.2. The van der Waals surface area contributed by atoms with E-state index in [4.69, 9.17) is 16.3 Å². The monoisotopic (exact) mass is 450 g/mol. The van der Waals surface area contributed by atoms with Gasteiger partial charge in [-0.1, -0.05) is 48.7 Å². The van der Waals surface area contributed by atoms with Crippen molar-refractivity contribution in [3.05, 3.63) is 59.1 Å². The van der Waals surface area contributed by atoms with Crippen molar-refractivity contribution in [1.82, 2.24) is 10.0 Å². The van der Waals surface area contributed by atoms with Crippen molar-refractivity contribution in [2.75, 3.05) is 13.2 Å². The highest BCUT2D eigenvalue weighted by Gasteiger charge is 2.22. The molecule has 2 aromatic carbocycles. The predicted octanol–water partition coefficient (Wildman–Crippen LogP) is 3.69. The second-order valence-corrected chi connectivity index (χ2v) is 9.50. The molecule has 162 valence electrons. The molecule has 2 aromatic rings. The maximum absolute atomic E-state index is 12.4. The maximum Gasteiger partial charge on any atom is 0.240 e. The van der Waals surface area contributed by atoms with E-state index in [1.165, 1.54) is 0 Å². The molecule has 1 amide bonds. The number of halogens is 1. The van der Waals surface area contributed by atoms with Gasteiger partial charge in [0.15, 0.2) is 0 Å². The Kier molecular flexibility index (Phi) is 8.13. The molecule has 0 spiro atoms. The third-order valence-corrected chi connectivity index (χ3v) is 6.92. The van der Waals surface area contributed by atoms with Crippen LogP contribution in [0.4, 0.5) is 0 Å². The van der Waals surface area contributed by atoms with E-state index in [0.29, 0.717) is 23.7 Å². The maximum atomic E-state index is 12.4. The van der Waals surface area contributed by atoms with Gasteiger partial charge in [0.1, 0.15) is 5.75 Å². The second kappa shape index (κ2) is 10.8. The molecule has 0 aromatic heterocycles. The van der Waals surface area contributed by atoms with Gasteiger partial charge >= 0.3 is 0 Å². The van der Waals surface area contributed by atoms with Crippen LogP contribution in [0.3, 0.4) is 0 Å². The highest BCUT2D eigenvalue weighted by molar-refractivity contribution is 7.89. The van der Waals surface area contributed by atoms with Gasteiger partial charge in [0.25, 0.3) is 0 Å². The minimum absolute atomic E-state index is 0.0479. The van der Waals surface area contributed by atoms with Gasteiger partial charge in [-0.05, 0) is 49.1 Å². The number of benzene rings is 2. The number of rotatable bonds is 10. The van der Waals surface area contributed by atoms with Crippen molar-refractivity contribution in [3.8, 4) is 5.75 Å². The summed E-state index contributed by atoms with van der Waals surface area (Å²) in [4.78, 5) is 12.2. The van der Waals surface area contributed by atoms with Gasteiger partial charge < -0.3 is 10.1 Å². The van der Waals surface area contributed by atoms with E-state index in [9.17, 15) is 13.2 Å². The molecule has 2 N–H and O–H groups in total. The van der Waals surface area contributed by atoms with Gasteiger partial charge in [-0.3, -0.25) is 4.79 Å². The summed E-state index contributed by atoms with van der Waals surface area (Å²) in [6.45, 7) is 0.716. The smallest absolute Gasteiger partial charge is 0.240 e.